The third kappa shape index (κ3) is 6.03. The summed E-state index contributed by atoms with van der Waals surface area (Å²) in [5, 5.41) is 23.9. The number of nitrogens with zero attached hydrogens (tertiary/aromatic N) is 3. The third-order valence-corrected chi connectivity index (χ3v) is 5.09. The van der Waals surface area contributed by atoms with E-state index in [0.717, 1.165) is 0 Å². The van der Waals surface area contributed by atoms with E-state index in [-0.39, 0.29) is 19.0 Å². The number of pyridine rings is 1. The van der Waals surface area contributed by atoms with Gasteiger partial charge in [-0.1, -0.05) is 60.7 Å². The van der Waals surface area contributed by atoms with Gasteiger partial charge >= 0.3 is 17.3 Å². The van der Waals surface area contributed by atoms with Crippen molar-refractivity contribution in [2.75, 3.05) is 0 Å². The van der Waals surface area contributed by atoms with E-state index in [2.05, 4.69) is 4.98 Å². The number of ether oxygens (including phenoxy) is 3. The minimum absolute atomic E-state index is 0.0182. The topological polar surface area (TPSA) is 144 Å². The largest absolute Gasteiger partial charge is 0.481 e. The molecule has 4 rings (SSSR count). The molecule has 186 valence electrons. The van der Waals surface area contributed by atoms with E-state index in [1.165, 1.54) is 24.5 Å². The molecule has 0 aliphatic carbocycles. The molecule has 0 saturated carbocycles. The van der Waals surface area contributed by atoms with Crippen LogP contribution in [0.15, 0.2) is 91.3 Å². The number of hydrogen-bond acceptors (Lipinski definition) is 9. The molecule has 0 radical (unpaired) electrons. The van der Waals surface area contributed by atoms with Crippen LogP contribution in [0.5, 0.6) is 17.2 Å². The van der Waals surface area contributed by atoms with E-state index in [1.54, 1.807) is 60.7 Å². The van der Waals surface area contributed by atoms with Crippen molar-refractivity contribution in [1.29, 1.82) is 0 Å². The molecule has 0 saturated heterocycles. The second kappa shape index (κ2) is 11.4. The maximum absolute atomic E-state index is 13.4. The molecule has 1 aromatic heterocycles. The molecule has 0 atom stereocenters. The van der Waals surface area contributed by atoms with Gasteiger partial charge in [0.2, 0.25) is 11.5 Å². The van der Waals surface area contributed by atoms with E-state index in [1.807, 2.05) is 0 Å². The molecule has 0 aliphatic heterocycles. The molecule has 11 heteroatoms. The SMILES string of the molecule is O=C(Oc1cccnc1)c1c(OCc2ccccc2)c([N+](=O)[O-])cc([N+](=O)[O-])c1OCc1ccccc1. The normalized spacial score (nSPS) is 10.4. The van der Waals surface area contributed by atoms with Crippen LogP contribution < -0.4 is 14.2 Å². The van der Waals surface area contributed by atoms with E-state index >= 15 is 0 Å². The number of carbonyl (C=O) groups excluding carboxylic acids is 1. The Morgan fingerprint density at radius 3 is 1.70 bits per heavy atom. The second-order valence-corrected chi connectivity index (χ2v) is 7.59. The first-order valence-electron chi connectivity index (χ1n) is 10.9. The highest BCUT2D eigenvalue weighted by molar-refractivity contribution is 6.00. The number of benzene rings is 3. The van der Waals surface area contributed by atoms with Crippen LogP contribution in [0.2, 0.25) is 0 Å². The van der Waals surface area contributed by atoms with Gasteiger partial charge in [0.25, 0.3) is 0 Å². The van der Waals surface area contributed by atoms with Gasteiger partial charge in [-0.3, -0.25) is 25.2 Å². The zero-order chi connectivity index (χ0) is 26.2. The number of hydrogen-bond donors (Lipinski definition) is 0. The van der Waals surface area contributed by atoms with E-state index in [4.69, 9.17) is 14.2 Å². The molecule has 0 spiro atoms. The summed E-state index contributed by atoms with van der Waals surface area (Å²) in [6, 6.07) is 21.1. The van der Waals surface area contributed by atoms with Gasteiger partial charge in [-0.25, -0.2) is 4.79 Å². The summed E-state index contributed by atoms with van der Waals surface area (Å²) in [4.78, 5) is 39.4. The maximum Gasteiger partial charge on any atom is 0.351 e. The molecule has 1 heterocycles. The molecular formula is C26H19N3O8. The maximum atomic E-state index is 13.4. The van der Waals surface area contributed by atoms with E-state index in [0.29, 0.717) is 17.2 Å². The Morgan fingerprint density at radius 1 is 0.757 bits per heavy atom. The molecule has 3 aromatic carbocycles. The predicted molar refractivity (Wildman–Crippen MR) is 130 cm³/mol. The minimum Gasteiger partial charge on any atom is -0.481 e. The monoisotopic (exact) mass is 501 g/mol. The van der Waals surface area contributed by atoms with Gasteiger partial charge in [-0.15, -0.1) is 0 Å². The molecule has 0 amide bonds. The third-order valence-electron chi connectivity index (χ3n) is 5.09. The number of esters is 1. The Balaban J connectivity index is 1.86. The quantitative estimate of drug-likeness (QED) is 0.161. The molecule has 4 aromatic rings. The first-order chi connectivity index (χ1) is 17.9. The van der Waals surface area contributed by atoms with Crippen molar-refractivity contribution in [2.45, 2.75) is 13.2 Å². The Kier molecular flexibility index (Phi) is 7.64. The minimum atomic E-state index is -1.15. The van der Waals surface area contributed by atoms with Crippen LogP contribution in [-0.4, -0.2) is 20.8 Å². The molecule has 0 unspecified atom stereocenters. The predicted octanol–water partition coefficient (Wildman–Crippen LogP) is 5.28. The Hall–Kier alpha value is -5.32. The summed E-state index contributed by atoms with van der Waals surface area (Å²) in [6.45, 7) is -0.324. The number of rotatable bonds is 10. The molecule has 0 N–H and O–H groups in total. The highest BCUT2D eigenvalue weighted by atomic mass is 16.6. The van der Waals surface area contributed by atoms with Gasteiger partial charge < -0.3 is 14.2 Å². The first kappa shape index (κ1) is 24.8. The zero-order valence-electron chi connectivity index (χ0n) is 19.2. The zero-order valence-corrected chi connectivity index (χ0v) is 19.2. The fourth-order valence-electron chi connectivity index (χ4n) is 3.39. The van der Waals surface area contributed by atoms with Crippen molar-refractivity contribution < 1.29 is 28.9 Å². The highest BCUT2D eigenvalue weighted by Gasteiger charge is 2.37. The van der Waals surface area contributed by atoms with E-state index in [9.17, 15) is 25.0 Å². The average Bonchev–Trinajstić information content (AvgIpc) is 2.91. The smallest absolute Gasteiger partial charge is 0.351 e. The van der Waals surface area contributed by atoms with Crippen molar-refractivity contribution in [3.05, 3.63) is 128 Å². The van der Waals surface area contributed by atoms with Crippen LogP contribution in [0.25, 0.3) is 0 Å². The standard InChI is InChI=1S/C26H19N3O8/c30-26(37-20-12-7-13-27-15-20)23-24(35-16-18-8-3-1-4-9-18)21(28(31)32)14-22(29(33)34)25(23)36-17-19-10-5-2-6-11-19/h1-15H,16-17H2. The fraction of sp³-hybridized carbons (Fsp3) is 0.0769. The molecule has 0 bridgehead atoms. The number of aromatic nitrogens is 1. The van der Waals surface area contributed by atoms with Gasteiger partial charge in [-0.2, -0.15) is 0 Å². The van der Waals surface area contributed by atoms with Crippen LogP contribution in [0.4, 0.5) is 11.4 Å². The van der Waals surface area contributed by atoms with E-state index < -0.39 is 44.3 Å². The summed E-state index contributed by atoms with van der Waals surface area (Å²) < 4.78 is 16.8. The molecule has 0 fully saturated rings. The van der Waals surface area contributed by atoms with Crippen molar-refractivity contribution in [1.82, 2.24) is 4.98 Å². The van der Waals surface area contributed by atoms with Crippen molar-refractivity contribution in [3.63, 3.8) is 0 Å². The van der Waals surface area contributed by atoms with Gasteiger partial charge in [0.15, 0.2) is 5.56 Å². The highest BCUT2D eigenvalue weighted by Crippen LogP contribution is 2.45. The Bertz CT molecular complexity index is 1330. The second-order valence-electron chi connectivity index (χ2n) is 7.59. The van der Waals surface area contributed by atoms with Crippen LogP contribution >= 0.6 is 0 Å². The van der Waals surface area contributed by atoms with Crippen LogP contribution in [0, 0.1) is 20.2 Å². The van der Waals surface area contributed by atoms with Crippen molar-refractivity contribution in [3.8, 4) is 17.2 Å². The summed E-state index contributed by atoms with van der Waals surface area (Å²) in [6.07, 6.45) is 2.71. The van der Waals surface area contributed by atoms with Crippen molar-refractivity contribution >= 4 is 17.3 Å². The fourth-order valence-corrected chi connectivity index (χ4v) is 3.39. The summed E-state index contributed by atoms with van der Waals surface area (Å²) >= 11 is 0. The lowest BCUT2D eigenvalue weighted by Crippen LogP contribution is -2.16. The van der Waals surface area contributed by atoms with Gasteiger partial charge in [-0.05, 0) is 23.3 Å². The number of nitro groups is 2. The van der Waals surface area contributed by atoms with Gasteiger partial charge in [0.1, 0.15) is 25.0 Å². The average molecular weight is 501 g/mol. The van der Waals surface area contributed by atoms with Crippen molar-refractivity contribution in [2.24, 2.45) is 0 Å². The molecule has 37 heavy (non-hydrogen) atoms. The molecule has 11 nitrogen and oxygen atoms in total. The van der Waals surface area contributed by atoms with Crippen LogP contribution in [-0.2, 0) is 13.2 Å². The number of carbonyl (C=O) groups is 1. The molecular weight excluding hydrogens is 482 g/mol. The van der Waals surface area contributed by atoms with Gasteiger partial charge in [0.05, 0.1) is 16.0 Å². The number of nitro benzene ring substituents is 2. The lowest BCUT2D eigenvalue weighted by Gasteiger charge is -2.16. The summed E-state index contributed by atoms with van der Waals surface area (Å²) in [7, 11) is 0. The Labute approximate surface area is 210 Å². The van der Waals surface area contributed by atoms with Gasteiger partial charge in [0, 0.05) is 6.20 Å². The Morgan fingerprint density at radius 2 is 1.27 bits per heavy atom. The first-order valence-corrected chi connectivity index (χ1v) is 10.9. The molecule has 0 aliphatic rings. The van der Waals surface area contributed by atoms with Crippen LogP contribution in [0.1, 0.15) is 21.5 Å². The lowest BCUT2D eigenvalue weighted by molar-refractivity contribution is -0.395. The summed E-state index contributed by atoms with van der Waals surface area (Å²) in [5.74, 6) is -2.16. The summed E-state index contributed by atoms with van der Waals surface area (Å²) in [5.41, 5.74) is -0.862. The van der Waals surface area contributed by atoms with Crippen LogP contribution in [0.3, 0.4) is 0 Å². The lowest BCUT2D eigenvalue weighted by atomic mass is 10.1.